The van der Waals surface area contributed by atoms with Crippen LogP contribution in [0.1, 0.15) is 69.4 Å². The number of rotatable bonds is 10. The molecule has 73 heavy (non-hydrogen) atoms. The summed E-state index contributed by atoms with van der Waals surface area (Å²) < 4.78 is 42.6. The van der Waals surface area contributed by atoms with Gasteiger partial charge < -0.3 is 39.7 Å². The molecule has 0 saturated carbocycles. The van der Waals surface area contributed by atoms with E-state index in [0.717, 1.165) is 93.2 Å². The quantitative estimate of drug-likeness (QED) is 0.101. The smallest absolute Gasteiger partial charge is 0.870 e. The second-order valence-corrected chi connectivity index (χ2v) is 17.1. The first-order chi connectivity index (χ1) is 34.6. The summed E-state index contributed by atoms with van der Waals surface area (Å²) in [6.45, 7) is 3.26. The minimum Gasteiger partial charge on any atom is -0.870 e. The number of carbonyl (C=O) groups is 2. The van der Waals surface area contributed by atoms with E-state index >= 15 is 0 Å². The van der Waals surface area contributed by atoms with Gasteiger partial charge in [-0.2, -0.15) is 0 Å². The Morgan fingerprint density at radius 3 is 1.25 bits per heavy atom. The van der Waals surface area contributed by atoms with Crippen molar-refractivity contribution in [2.75, 3.05) is 64.4 Å². The number of carboxylic acids is 1. The third-order valence-corrected chi connectivity index (χ3v) is 13.0. The van der Waals surface area contributed by atoms with Crippen molar-refractivity contribution in [2.24, 2.45) is 0 Å². The van der Waals surface area contributed by atoms with Gasteiger partial charge in [0.05, 0.1) is 54.5 Å². The molecule has 0 atom stereocenters. The molecule has 0 unspecified atom stereocenters. The molecule has 3 N–H and O–H groups in total. The number of fused-ring (bicyclic) bond motifs is 2. The maximum atomic E-state index is 13.6. The number of nitrogens with zero attached hydrogens (tertiary/aromatic N) is 6. The Balaban J connectivity index is 0.000000225. The molecule has 2 aliphatic rings. The molecule has 2 saturated heterocycles. The molecule has 2 aromatic heterocycles. The maximum Gasteiger partial charge on any atom is 1.00 e. The molecule has 2 aliphatic heterocycles. The molecule has 0 spiro atoms. The van der Waals surface area contributed by atoms with Crippen LogP contribution < -0.4 is 48.8 Å². The van der Waals surface area contributed by atoms with E-state index in [4.69, 9.17) is 39.3 Å². The van der Waals surface area contributed by atoms with Crippen molar-refractivity contribution < 1.29 is 77.8 Å². The average molecular weight is 1000 g/mol. The zero-order valence-electron chi connectivity index (χ0n) is 41.3. The first kappa shape index (κ1) is 55.2. The molecule has 0 aliphatic carbocycles. The number of ether oxygens (including phenoxy) is 3. The van der Waals surface area contributed by atoms with E-state index in [0.29, 0.717) is 50.9 Å². The van der Waals surface area contributed by atoms with Crippen LogP contribution in [0.15, 0.2) is 133 Å². The van der Waals surface area contributed by atoms with Crippen molar-refractivity contribution >= 4 is 45.6 Å². The molecule has 2 fully saturated rings. The van der Waals surface area contributed by atoms with Crippen LogP contribution in [0.5, 0.6) is 11.5 Å². The number of esters is 1. The fourth-order valence-electron chi connectivity index (χ4n) is 9.11. The van der Waals surface area contributed by atoms with Crippen LogP contribution in [0.2, 0.25) is 0 Å². The number of aromatic carboxylic acids is 1. The summed E-state index contributed by atoms with van der Waals surface area (Å²) in [5, 5.41) is 16.4. The second kappa shape index (κ2) is 25.5. The number of aliphatic hydroxyl groups is 1. The van der Waals surface area contributed by atoms with Gasteiger partial charge in [-0.1, -0.05) is 24.3 Å². The van der Waals surface area contributed by atoms with Gasteiger partial charge in [0.1, 0.15) is 34.5 Å². The van der Waals surface area contributed by atoms with Crippen LogP contribution in [0.3, 0.4) is 0 Å². The number of piperidine rings is 2. The Morgan fingerprint density at radius 2 is 0.890 bits per heavy atom. The monoisotopic (exact) mass is 1000 g/mol. The third kappa shape index (κ3) is 12.9. The molecular weight excluding hydrogens is 946 g/mol. The van der Waals surface area contributed by atoms with Crippen molar-refractivity contribution in [3.8, 4) is 34.0 Å². The van der Waals surface area contributed by atoms with Crippen LogP contribution >= 0.6 is 0 Å². The molecule has 0 radical (unpaired) electrons. The Morgan fingerprint density at radius 1 is 0.521 bits per heavy atom. The molecule has 6 aromatic carbocycles. The first-order valence-electron chi connectivity index (χ1n) is 23.3. The third-order valence-electron chi connectivity index (χ3n) is 13.0. The van der Waals surface area contributed by atoms with Crippen molar-refractivity contribution in [3.63, 3.8) is 0 Å². The minimum absolute atomic E-state index is 0. The number of carboxylic acid groups (broad SMARTS) is 1. The summed E-state index contributed by atoms with van der Waals surface area (Å²) in [5.41, 5.74) is 8.38. The molecule has 0 amide bonds. The number of aliphatic hydroxyl groups excluding tert-OH is 1. The largest absolute Gasteiger partial charge is 1.00 e. The summed E-state index contributed by atoms with van der Waals surface area (Å²) >= 11 is 0. The van der Waals surface area contributed by atoms with Gasteiger partial charge in [0.15, 0.2) is 11.6 Å². The number of halogens is 2. The summed E-state index contributed by atoms with van der Waals surface area (Å²) in [4.78, 5) is 47.4. The summed E-state index contributed by atoms with van der Waals surface area (Å²) in [6, 6.07) is 38.9. The molecule has 4 heterocycles. The summed E-state index contributed by atoms with van der Waals surface area (Å²) in [6.07, 6.45) is 3.89. The van der Waals surface area contributed by atoms with Crippen LogP contribution in [0, 0.1) is 11.6 Å². The normalized spacial score (nSPS) is 13.6. The van der Waals surface area contributed by atoms with E-state index in [2.05, 4.69) is 34.1 Å². The Bertz CT molecular complexity index is 3120. The van der Waals surface area contributed by atoms with Gasteiger partial charge in [0, 0.05) is 44.4 Å². The van der Waals surface area contributed by atoms with E-state index in [1.807, 2.05) is 24.3 Å². The predicted molar refractivity (Wildman–Crippen MR) is 273 cm³/mol. The number of methoxy groups -OCH3 is 3. The molecule has 372 valence electrons. The Labute approximate surface area is 444 Å². The average Bonchev–Trinajstić information content (AvgIpc) is 3.43. The van der Waals surface area contributed by atoms with Crippen molar-refractivity contribution in [1.29, 1.82) is 0 Å². The predicted octanol–water partition coefficient (Wildman–Crippen LogP) is 7.58. The van der Waals surface area contributed by atoms with Crippen molar-refractivity contribution in [2.45, 2.75) is 37.5 Å². The summed E-state index contributed by atoms with van der Waals surface area (Å²) in [7, 11) is 5.69. The van der Waals surface area contributed by atoms with Gasteiger partial charge in [0.25, 0.3) is 0 Å². The van der Waals surface area contributed by atoms with Gasteiger partial charge in [-0.3, -0.25) is 0 Å². The number of anilines is 2. The topological polar surface area (TPSA) is 190 Å². The van der Waals surface area contributed by atoms with E-state index in [1.54, 1.807) is 62.8 Å². The maximum absolute atomic E-state index is 13.6. The number of hydrogen-bond donors (Lipinski definition) is 2. The van der Waals surface area contributed by atoms with Gasteiger partial charge in [-0.05, 0) is 158 Å². The van der Waals surface area contributed by atoms with Gasteiger partial charge >= 0.3 is 41.5 Å². The zero-order valence-corrected chi connectivity index (χ0v) is 43.3. The summed E-state index contributed by atoms with van der Waals surface area (Å²) in [5.74, 6) is 2.03. The molecular formula is C56H55F2N6NaO8. The molecule has 17 heteroatoms. The number of benzene rings is 6. The van der Waals surface area contributed by atoms with Crippen LogP contribution in [-0.2, 0) is 4.74 Å². The van der Waals surface area contributed by atoms with E-state index in [-0.39, 0.29) is 52.2 Å². The van der Waals surface area contributed by atoms with E-state index < -0.39 is 11.9 Å². The molecule has 14 nitrogen and oxygen atoms in total. The molecule has 8 aromatic rings. The van der Waals surface area contributed by atoms with Crippen LogP contribution in [0.4, 0.5) is 20.4 Å². The Hall–Kier alpha value is -7.08. The first-order valence-corrected chi connectivity index (χ1v) is 23.3. The van der Waals surface area contributed by atoms with Crippen LogP contribution in [0.25, 0.3) is 44.6 Å². The fourth-order valence-corrected chi connectivity index (χ4v) is 9.11. The van der Waals surface area contributed by atoms with Crippen molar-refractivity contribution in [3.05, 3.63) is 167 Å². The molecule has 0 bridgehead atoms. The van der Waals surface area contributed by atoms with E-state index in [9.17, 15) is 23.5 Å². The SMILES string of the molecule is CO.COC(=O)c1ccc2nc(N3CCC(c4ccc(OC)cc4)CC3)c(-c3ccc(F)cc3)nc2c1.COc1ccc(C2CCN(c3nc4ccc(C(=O)O)cc4nc3-c3ccc(F)cc3)CC2)cc1.[Na+].[OH-]. The van der Waals surface area contributed by atoms with Gasteiger partial charge in [-0.15, -0.1) is 0 Å². The minimum atomic E-state index is -1.02. The zero-order chi connectivity index (χ0) is 50.0. The standard InChI is InChI=1S/C28H26FN3O3.C27H24FN3O3.CH4O.Na.H2O/c1-34-23-10-5-18(6-11-23)19-13-15-32(16-14-19)27-26(20-3-8-22(29)9-4-20)30-25-17-21(28(33)35-2)7-12-24(25)31-27;1-34-22-9-4-17(5-10-22)18-12-14-31(15-13-18)26-25(19-2-7-21(28)8-3-19)29-24-16-20(27(32)33)6-11-23(24)30-26;1-2;;/h3-12,17,19H,13-16H2,1-2H3;2-11,16,18H,12-15H2,1H3,(H,32,33);2H,1H3;;1H2/q;;;+1;/p-1. The van der Waals surface area contributed by atoms with Gasteiger partial charge in [0.2, 0.25) is 0 Å². The van der Waals surface area contributed by atoms with Crippen LogP contribution in [-0.4, -0.2) is 102 Å². The Kier molecular flexibility index (Phi) is 19.3. The second-order valence-electron chi connectivity index (χ2n) is 17.1. The number of aromatic nitrogens is 4. The number of hydrogen-bond acceptors (Lipinski definition) is 13. The van der Waals surface area contributed by atoms with E-state index in [1.165, 1.54) is 54.6 Å². The van der Waals surface area contributed by atoms with Crippen molar-refractivity contribution in [1.82, 2.24) is 19.9 Å². The number of carbonyl (C=O) groups excluding carboxylic acids is 1. The van der Waals surface area contributed by atoms with Gasteiger partial charge in [-0.25, -0.2) is 38.3 Å². The molecule has 10 rings (SSSR count). The fraction of sp³-hybridized carbons (Fsp3) is 0.250.